The number of nitrogens with one attached hydrogen (secondary N) is 1. The first-order chi connectivity index (χ1) is 12.3. The summed E-state index contributed by atoms with van der Waals surface area (Å²) in [5, 5.41) is 14.2. The maximum atomic E-state index is 12.2. The quantitative estimate of drug-likeness (QED) is 0.342. The minimum absolute atomic E-state index is 0.000595. The number of thioether (sulfide) groups is 1. The number of nitro benzene ring substituents is 1. The Morgan fingerprint density at radius 2 is 1.88 bits per heavy atom. The molecule has 0 aliphatic heterocycles. The van der Waals surface area contributed by atoms with Crippen molar-refractivity contribution in [2.45, 2.75) is 17.9 Å². The molecule has 9 heteroatoms. The van der Waals surface area contributed by atoms with Gasteiger partial charge in [0, 0.05) is 16.8 Å². The third kappa shape index (κ3) is 4.96. The van der Waals surface area contributed by atoms with Crippen LogP contribution in [0.4, 0.5) is 11.4 Å². The summed E-state index contributed by atoms with van der Waals surface area (Å²) in [5.74, 6) is -1.35. The summed E-state index contributed by atoms with van der Waals surface area (Å²) in [7, 11) is 0. The van der Waals surface area contributed by atoms with E-state index >= 15 is 0 Å². The Balaban J connectivity index is 2.06. The smallest absolute Gasteiger partial charge is 0.339 e. The van der Waals surface area contributed by atoms with Crippen LogP contribution in [0.25, 0.3) is 0 Å². The van der Waals surface area contributed by atoms with Crippen LogP contribution >= 0.6 is 23.4 Å². The molecule has 0 radical (unpaired) electrons. The molecule has 0 unspecified atom stereocenters. The number of benzene rings is 2. The number of anilines is 1. The van der Waals surface area contributed by atoms with Crippen molar-refractivity contribution >= 4 is 46.6 Å². The number of rotatable bonds is 6. The molecule has 0 saturated carbocycles. The van der Waals surface area contributed by atoms with Crippen LogP contribution in [0.3, 0.4) is 0 Å². The molecule has 1 N–H and O–H groups in total. The summed E-state index contributed by atoms with van der Waals surface area (Å²) in [6.45, 7) is 1.41. The number of amides is 1. The van der Waals surface area contributed by atoms with Gasteiger partial charge in [0.2, 0.25) is 0 Å². The molecule has 0 aliphatic rings. The Morgan fingerprint density at radius 1 is 1.23 bits per heavy atom. The van der Waals surface area contributed by atoms with Crippen LogP contribution in [0.1, 0.15) is 17.3 Å². The molecule has 0 bridgehead atoms. The van der Waals surface area contributed by atoms with Gasteiger partial charge in [0.25, 0.3) is 11.6 Å². The first-order valence-electron chi connectivity index (χ1n) is 7.41. The van der Waals surface area contributed by atoms with E-state index < -0.39 is 22.9 Å². The number of hydrogen-bond acceptors (Lipinski definition) is 6. The summed E-state index contributed by atoms with van der Waals surface area (Å²) >= 11 is 6.97. The number of carbonyl (C=O) groups excluding carboxylic acids is 2. The van der Waals surface area contributed by atoms with Gasteiger partial charge in [0.05, 0.1) is 15.4 Å². The third-order valence-electron chi connectivity index (χ3n) is 3.38. The van der Waals surface area contributed by atoms with Crippen LogP contribution in [0.5, 0.6) is 0 Å². The fraction of sp³-hybridized carbons (Fsp3) is 0.176. The van der Waals surface area contributed by atoms with Crippen LogP contribution in [0, 0.1) is 10.1 Å². The number of nitrogens with zero attached hydrogens (tertiary/aromatic N) is 1. The number of nitro groups is 1. The SMILES string of the molecule is CSc1ccc(C(=O)O[C@@H](C)C(=O)Nc2ccc(Cl)cc2)cc1[N+](=O)[O-]. The molecule has 1 atom stereocenters. The Morgan fingerprint density at radius 3 is 2.46 bits per heavy atom. The molecule has 0 spiro atoms. The predicted octanol–water partition coefficient (Wildman–Crippen LogP) is 4.15. The molecule has 0 saturated heterocycles. The summed E-state index contributed by atoms with van der Waals surface area (Å²) < 4.78 is 5.10. The molecule has 0 heterocycles. The highest BCUT2D eigenvalue weighted by atomic mass is 35.5. The second-order valence-corrected chi connectivity index (χ2v) is 6.47. The van der Waals surface area contributed by atoms with Gasteiger partial charge in [-0.05, 0) is 49.6 Å². The van der Waals surface area contributed by atoms with Gasteiger partial charge in [-0.1, -0.05) is 11.6 Å². The lowest BCUT2D eigenvalue weighted by Crippen LogP contribution is -2.30. The van der Waals surface area contributed by atoms with Crippen LogP contribution in [-0.4, -0.2) is 29.2 Å². The van der Waals surface area contributed by atoms with Crippen molar-refractivity contribution in [1.29, 1.82) is 0 Å². The summed E-state index contributed by atoms with van der Waals surface area (Å²) in [4.78, 5) is 35.2. The largest absolute Gasteiger partial charge is 0.449 e. The highest BCUT2D eigenvalue weighted by molar-refractivity contribution is 7.98. The van der Waals surface area contributed by atoms with Crippen molar-refractivity contribution in [2.75, 3.05) is 11.6 Å². The van der Waals surface area contributed by atoms with Crippen molar-refractivity contribution in [2.24, 2.45) is 0 Å². The monoisotopic (exact) mass is 394 g/mol. The molecule has 0 aliphatic carbocycles. The first-order valence-corrected chi connectivity index (χ1v) is 9.02. The lowest BCUT2D eigenvalue weighted by Gasteiger charge is -2.14. The number of esters is 1. The van der Waals surface area contributed by atoms with Crippen LogP contribution in [-0.2, 0) is 9.53 Å². The zero-order chi connectivity index (χ0) is 19.3. The lowest BCUT2D eigenvalue weighted by molar-refractivity contribution is -0.387. The number of ether oxygens (including phenoxy) is 1. The molecule has 2 aromatic rings. The lowest BCUT2D eigenvalue weighted by atomic mass is 10.2. The van der Waals surface area contributed by atoms with Gasteiger partial charge in [-0.2, -0.15) is 0 Å². The molecule has 0 fully saturated rings. The van der Waals surface area contributed by atoms with Crippen molar-refractivity contribution in [3.05, 3.63) is 63.2 Å². The van der Waals surface area contributed by atoms with E-state index in [0.29, 0.717) is 15.6 Å². The van der Waals surface area contributed by atoms with Crippen molar-refractivity contribution in [3.8, 4) is 0 Å². The minimum Gasteiger partial charge on any atom is -0.449 e. The third-order valence-corrected chi connectivity index (χ3v) is 4.41. The molecule has 26 heavy (non-hydrogen) atoms. The summed E-state index contributed by atoms with van der Waals surface area (Å²) in [6.07, 6.45) is 0.612. The van der Waals surface area contributed by atoms with E-state index in [1.54, 1.807) is 30.5 Å². The predicted molar refractivity (Wildman–Crippen MR) is 99.8 cm³/mol. The molecule has 2 rings (SSSR count). The molecular weight excluding hydrogens is 380 g/mol. The normalized spacial score (nSPS) is 11.5. The van der Waals surface area contributed by atoms with Gasteiger partial charge in [-0.15, -0.1) is 11.8 Å². The van der Waals surface area contributed by atoms with Crippen molar-refractivity contribution in [3.63, 3.8) is 0 Å². The Bertz CT molecular complexity index is 842. The fourth-order valence-electron chi connectivity index (χ4n) is 2.02. The maximum absolute atomic E-state index is 12.2. The number of hydrogen-bond donors (Lipinski definition) is 1. The number of halogens is 1. The van der Waals surface area contributed by atoms with Crippen LogP contribution < -0.4 is 5.32 Å². The van der Waals surface area contributed by atoms with Gasteiger partial charge in [-0.3, -0.25) is 14.9 Å². The molecule has 0 aromatic heterocycles. The van der Waals surface area contributed by atoms with Gasteiger partial charge in [0.1, 0.15) is 0 Å². The molecule has 136 valence electrons. The van der Waals surface area contributed by atoms with Crippen LogP contribution in [0.15, 0.2) is 47.4 Å². The molecule has 2 aromatic carbocycles. The Labute approximate surface area is 158 Å². The van der Waals surface area contributed by atoms with E-state index in [-0.39, 0.29) is 11.3 Å². The van der Waals surface area contributed by atoms with E-state index in [1.807, 2.05) is 0 Å². The average molecular weight is 395 g/mol. The maximum Gasteiger partial charge on any atom is 0.339 e. The van der Waals surface area contributed by atoms with E-state index in [4.69, 9.17) is 16.3 Å². The average Bonchev–Trinajstić information content (AvgIpc) is 2.62. The minimum atomic E-state index is -1.09. The van der Waals surface area contributed by atoms with E-state index in [0.717, 1.165) is 6.07 Å². The zero-order valence-corrected chi connectivity index (χ0v) is 15.5. The zero-order valence-electron chi connectivity index (χ0n) is 13.9. The van der Waals surface area contributed by atoms with E-state index in [2.05, 4.69) is 5.32 Å². The van der Waals surface area contributed by atoms with Gasteiger partial charge < -0.3 is 10.1 Å². The highest BCUT2D eigenvalue weighted by Crippen LogP contribution is 2.28. The standard InChI is InChI=1S/C17H15ClN2O5S/c1-10(16(21)19-13-6-4-12(18)5-7-13)25-17(22)11-3-8-15(26-2)14(9-11)20(23)24/h3-10H,1-2H3,(H,19,21)/t10-/m0/s1. The van der Waals surface area contributed by atoms with E-state index in [1.165, 1.54) is 30.8 Å². The van der Waals surface area contributed by atoms with Crippen LogP contribution in [0.2, 0.25) is 5.02 Å². The fourth-order valence-corrected chi connectivity index (χ4v) is 2.69. The van der Waals surface area contributed by atoms with Crippen molar-refractivity contribution < 1.29 is 19.2 Å². The Hall–Kier alpha value is -2.58. The number of carbonyl (C=O) groups is 2. The molecule has 7 nitrogen and oxygen atoms in total. The summed E-state index contributed by atoms with van der Waals surface area (Å²) in [5.41, 5.74) is 0.313. The van der Waals surface area contributed by atoms with Gasteiger partial charge in [0.15, 0.2) is 6.10 Å². The molecule has 1 amide bonds. The van der Waals surface area contributed by atoms with Gasteiger partial charge >= 0.3 is 5.97 Å². The first kappa shape index (κ1) is 19.7. The van der Waals surface area contributed by atoms with Crippen molar-refractivity contribution in [1.82, 2.24) is 0 Å². The van der Waals surface area contributed by atoms with Gasteiger partial charge in [-0.25, -0.2) is 4.79 Å². The Kier molecular flexibility index (Phi) is 6.59. The second kappa shape index (κ2) is 8.68. The molecular formula is C17H15ClN2O5S. The van der Waals surface area contributed by atoms with E-state index in [9.17, 15) is 19.7 Å². The summed E-state index contributed by atoms with van der Waals surface area (Å²) in [6, 6.07) is 10.5. The second-order valence-electron chi connectivity index (χ2n) is 5.19. The highest BCUT2D eigenvalue weighted by Gasteiger charge is 2.22. The topological polar surface area (TPSA) is 98.5 Å².